The number of fused-ring (bicyclic) bond motifs is 1. The van der Waals surface area contributed by atoms with E-state index in [2.05, 4.69) is 19.1 Å². The average Bonchev–Trinajstić information content (AvgIpc) is 2.82. The number of hydrogen-bond acceptors (Lipinski definition) is 1. The second-order valence-electron chi connectivity index (χ2n) is 4.82. The van der Waals surface area contributed by atoms with Crippen molar-refractivity contribution in [2.75, 3.05) is 11.9 Å². The van der Waals surface area contributed by atoms with Gasteiger partial charge in [0, 0.05) is 12.7 Å². The molecule has 88 valence electrons. The van der Waals surface area contributed by atoms with Crippen LogP contribution in [0.5, 0.6) is 0 Å². The Morgan fingerprint density at radius 2 is 1.82 bits per heavy atom. The molecule has 0 radical (unpaired) electrons. The summed E-state index contributed by atoms with van der Waals surface area (Å²) in [4.78, 5) is 16.0. The van der Waals surface area contributed by atoms with Crippen LogP contribution in [0.25, 0.3) is 0 Å². The van der Waals surface area contributed by atoms with E-state index in [-0.39, 0.29) is 18.1 Å². The van der Waals surface area contributed by atoms with Crippen molar-refractivity contribution in [3.63, 3.8) is 0 Å². The van der Waals surface area contributed by atoms with Crippen LogP contribution in [0.3, 0.4) is 0 Å². The number of para-hydroxylation sites is 1. The van der Waals surface area contributed by atoms with Crippen molar-refractivity contribution in [3.8, 4) is 0 Å². The average molecular weight is 228 g/mol. The molecule has 2 amide bonds. The molecule has 0 bridgehead atoms. The van der Waals surface area contributed by atoms with Crippen molar-refractivity contribution in [1.82, 2.24) is 4.90 Å². The van der Waals surface area contributed by atoms with E-state index < -0.39 is 0 Å². The number of carbonyl (C=O) groups excluding carboxylic acids is 1. The number of carbonyl (C=O) groups is 1. The number of urea groups is 1. The van der Waals surface area contributed by atoms with E-state index in [1.54, 1.807) is 0 Å². The highest BCUT2D eigenvalue weighted by atomic mass is 16.2. The minimum absolute atomic E-state index is 0.0994. The van der Waals surface area contributed by atoms with Gasteiger partial charge in [-0.05, 0) is 18.1 Å². The van der Waals surface area contributed by atoms with Gasteiger partial charge in [-0.15, -0.1) is 0 Å². The van der Waals surface area contributed by atoms with Crippen molar-refractivity contribution in [1.29, 1.82) is 0 Å². The Bertz CT molecular complexity index is 468. The standard InChI is InChI=1S/C14H16N2O/c1-10-8-9-12-13(10)15(2)14(17)16(12)11-6-4-3-5-7-11/h3-10,12-13H,1-2H3/t10-,12-,13+/m1/s1. The number of anilines is 1. The van der Waals surface area contributed by atoms with Gasteiger partial charge in [0.2, 0.25) is 0 Å². The van der Waals surface area contributed by atoms with E-state index in [0.29, 0.717) is 5.92 Å². The zero-order chi connectivity index (χ0) is 12.0. The van der Waals surface area contributed by atoms with Gasteiger partial charge in [-0.25, -0.2) is 4.79 Å². The third kappa shape index (κ3) is 1.38. The lowest BCUT2D eigenvalue weighted by Crippen LogP contribution is -2.35. The van der Waals surface area contributed by atoms with Crippen LogP contribution in [-0.4, -0.2) is 30.1 Å². The van der Waals surface area contributed by atoms with Gasteiger partial charge < -0.3 is 4.90 Å². The predicted molar refractivity (Wildman–Crippen MR) is 68.0 cm³/mol. The monoisotopic (exact) mass is 228 g/mol. The molecule has 3 heteroatoms. The minimum atomic E-state index is 0.0994. The summed E-state index contributed by atoms with van der Waals surface area (Å²) in [5.41, 5.74) is 0.982. The number of rotatable bonds is 1. The molecule has 1 saturated heterocycles. The van der Waals surface area contributed by atoms with Gasteiger partial charge in [-0.1, -0.05) is 37.3 Å². The van der Waals surface area contributed by atoms with Gasteiger partial charge in [-0.2, -0.15) is 0 Å². The Hall–Kier alpha value is -1.77. The predicted octanol–water partition coefficient (Wildman–Crippen LogP) is 2.50. The van der Waals surface area contributed by atoms with Crippen LogP contribution in [0.1, 0.15) is 6.92 Å². The van der Waals surface area contributed by atoms with Gasteiger partial charge in [-0.3, -0.25) is 4.90 Å². The minimum Gasteiger partial charge on any atom is -0.321 e. The van der Waals surface area contributed by atoms with E-state index in [4.69, 9.17) is 0 Å². The summed E-state index contributed by atoms with van der Waals surface area (Å²) in [6.45, 7) is 2.17. The Morgan fingerprint density at radius 1 is 1.12 bits per heavy atom. The highest BCUT2D eigenvalue weighted by Crippen LogP contribution is 2.36. The topological polar surface area (TPSA) is 23.6 Å². The maximum atomic E-state index is 12.3. The van der Waals surface area contributed by atoms with Gasteiger partial charge in [0.05, 0.1) is 12.1 Å². The highest BCUT2D eigenvalue weighted by molar-refractivity contribution is 5.96. The first kappa shape index (κ1) is 10.4. The first-order chi connectivity index (χ1) is 8.20. The number of likely N-dealkylation sites (N-methyl/N-ethyl adjacent to an activating group) is 1. The van der Waals surface area contributed by atoms with Crippen LogP contribution >= 0.6 is 0 Å². The highest BCUT2D eigenvalue weighted by Gasteiger charge is 2.47. The molecule has 1 aromatic rings. The van der Waals surface area contributed by atoms with E-state index in [9.17, 15) is 4.79 Å². The Kier molecular flexibility index (Phi) is 2.21. The zero-order valence-electron chi connectivity index (χ0n) is 10.1. The van der Waals surface area contributed by atoms with Gasteiger partial charge >= 0.3 is 6.03 Å². The van der Waals surface area contributed by atoms with Crippen LogP contribution in [0.15, 0.2) is 42.5 Å². The molecule has 1 heterocycles. The van der Waals surface area contributed by atoms with E-state index in [0.717, 1.165) is 5.69 Å². The van der Waals surface area contributed by atoms with Crippen molar-refractivity contribution in [2.24, 2.45) is 5.92 Å². The number of nitrogens with zero attached hydrogens (tertiary/aromatic N) is 2. The molecule has 0 saturated carbocycles. The van der Waals surface area contributed by atoms with Crippen LogP contribution in [0, 0.1) is 5.92 Å². The molecule has 1 aromatic carbocycles. The SMILES string of the molecule is C[C@@H]1C=C[C@@H]2[C@H]1N(C)C(=O)N2c1ccccc1. The quantitative estimate of drug-likeness (QED) is 0.677. The maximum absolute atomic E-state index is 12.3. The third-order valence-electron chi connectivity index (χ3n) is 3.79. The number of amides is 2. The van der Waals surface area contributed by atoms with E-state index in [1.807, 2.05) is 47.2 Å². The summed E-state index contributed by atoms with van der Waals surface area (Å²) < 4.78 is 0. The fourth-order valence-corrected chi connectivity index (χ4v) is 2.94. The maximum Gasteiger partial charge on any atom is 0.325 e. The third-order valence-corrected chi connectivity index (χ3v) is 3.79. The molecule has 1 fully saturated rings. The first-order valence-corrected chi connectivity index (χ1v) is 5.99. The molecular formula is C14H16N2O. The molecule has 17 heavy (non-hydrogen) atoms. The first-order valence-electron chi connectivity index (χ1n) is 5.99. The normalized spacial score (nSPS) is 31.2. The zero-order valence-corrected chi connectivity index (χ0v) is 10.1. The molecule has 0 unspecified atom stereocenters. The molecule has 3 nitrogen and oxygen atoms in total. The van der Waals surface area contributed by atoms with Gasteiger partial charge in [0.25, 0.3) is 0 Å². The Balaban J connectivity index is 2.01. The largest absolute Gasteiger partial charge is 0.325 e. The Labute approximate surface area is 101 Å². The lowest BCUT2D eigenvalue weighted by atomic mass is 10.0. The molecule has 1 aliphatic carbocycles. The molecule has 1 aliphatic heterocycles. The van der Waals surface area contributed by atoms with Crippen molar-refractivity contribution in [3.05, 3.63) is 42.5 Å². The number of benzene rings is 1. The second kappa shape index (κ2) is 3.62. The fraction of sp³-hybridized carbons (Fsp3) is 0.357. The lowest BCUT2D eigenvalue weighted by Gasteiger charge is -2.22. The van der Waals surface area contributed by atoms with Crippen LogP contribution < -0.4 is 4.90 Å². The van der Waals surface area contributed by atoms with Gasteiger partial charge in [0.15, 0.2) is 0 Å². The van der Waals surface area contributed by atoms with Crippen molar-refractivity contribution in [2.45, 2.75) is 19.0 Å². The molecule has 0 aromatic heterocycles. The summed E-state index contributed by atoms with van der Waals surface area (Å²) >= 11 is 0. The summed E-state index contributed by atoms with van der Waals surface area (Å²) in [5.74, 6) is 0.433. The molecule has 3 rings (SSSR count). The van der Waals surface area contributed by atoms with Crippen LogP contribution in [0.4, 0.5) is 10.5 Å². The summed E-state index contributed by atoms with van der Waals surface area (Å²) in [6, 6.07) is 10.5. The van der Waals surface area contributed by atoms with Gasteiger partial charge in [0.1, 0.15) is 0 Å². The molecular weight excluding hydrogens is 212 g/mol. The molecule has 2 aliphatic rings. The number of hydrogen-bond donors (Lipinski definition) is 0. The van der Waals surface area contributed by atoms with Crippen LogP contribution in [0.2, 0.25) is 0 Å². The summed E-state index contributed by atoms with van der Waals surface area (Å²) in [6.07, 6.45) is 4.36. The second-order valence-corrected chi connectivity index (χ2v) is 4.82. The van der Waals surface area contributed by atoms with Crippen molar-refractivity contribution >= 4 is 11.7 Å². The smallest absolute Gasteiger partial charge is 0.321 e. The van der Waals surface area contributed by atoms with Crippen LogP contribution in [-0.2, 0) is 0 Å². The van der Waals surface area contributed by atoms with E-state index >= 15 is 0 Å². The molecule has 0 N–H and O–H groups in total. The fourth-order valence-electron chi connectivity index (χ4n) is 2.94. The van der Waals surface area contributed by atoms with E-state index in [1.165, 1.54) is 0 Å². The summed E-state index contributed by atoms with van der Waals surface area (Å²) in [5, 5.41) is 0. The van der Waals surface area contributed by atoms with Crippen molar-refractivity contribution < 1.29 is 4.79 Å². The molecule has 0 spiro atoms. The lowest BCUT2D eigenvalue weighted by molar-refractivity contribution is 0.211. The Morgan fingerprint density at radius 3 is 2.53 bits per heavy atom. The summed E-state index contributed by atoms with van der Waals surface area (Å²) in [7, 11) is 1.90. The molecule has 3 atom stereocenters.